The lowest BCUT2D eigenvalue weighted by molar-refractivity contribution is -0.149. The average Bonchev–Trinajstić information content (AvgIpc) is 2.36. The number of nitrogens with one attached hydrogen (secondary N) is 1. The predicted molar refractivity (Wildman–Crippen MR) is 70.5 cm³/mol. The number of amides is 1. The number of carbonyl (C=O) groups excluding carboxylic acids is 2. The number of rotatable bonds is 5. The van der Waals surface area contributed by atoms with Gasteiger partial charge in [0.05, 0.1) is 6.10 Å². The summed E-state index contributed by atoms with van der Waals surface area (Å²) in [6.45, 7) is 5.21. The van der Waals surface area contributed by atoms with Gasteiger partial charge in [-0.05, 0) is 26.3 Å². The molecule has 0 radical (unpaired) electrons. The number of alkyl carbamates (subject to hydrolysis) is 1. The predicted octanol–water partition coefficient (Wildman–Crippen LogP) is 2.25. The van der Waals surface area contributed by atoms with Crippen molar-refractivity contribution in [2.75, 3.05) is 0 Å². The van der Waals surface area contributed by atoms with Crippen molar-refractivity contribution >= 4 is 12.1 Å². The maximum absolute atomic E-state index is 11.5. The molecule has 0 saturated carbocycles. The number of carbonyl (C=O) groups is 2. The second kappa shape index (κ2) is 7.41. The van der Waals surface area contributed by atoms with Crippen LogP contribution in [0.4, 0.5) is 4.79 Å². The Labute approximate surface area is 112 Å². The third kappa shape index (κ3) is 5.90. The SMILES string of the molecule is CC(C)OC(=O)[C@@H](C)NC(=O)OCc1ccccc1. The molecule has 0 aliphatic rings. The molecule has 0 aromatic heterocycles. The fourth-order valence-corrected chi connectivity index (χ4v) is 1.33. The van der Waals surface area contributed by atoms with Crippen molar-refractivity contribution in [1.82, 2.24) is 5.32 Å². The van der Waals surface area contributed by atoms with Crippen LogP contribution in [-0.2, 0) is 20.9 Å². The van der Waals surface area contributed by atoms with E-state index >= 15 is 0 Å². The second-order valence-electron chi connectivity index (χ2n) is 4.41. The van der Waals surface area contributed by atoms with Crippen molar-refractivity contribution < 1.29 is 19.1 Å². The van der Waals surface area contributed by atoms with Crippen LogP contribution in [0, 0.1) is 0 Å². The van der Waals surface area contributed by atoms with E-state index in [1.807, 2.05) is 30.3 Å². The summed E-state index contributed by atoms with van der Waals surface area (Å²) in [7, 11) is 0. The molecule has 0 fully saturated rings. The zero-order chi connectivity index (χ0) is 14.3. The zero-order valence-corrected chi connectivity index (χ0v) is 11.4. The Kier molecular flexibility index (Phi) is 5.85. The van der Waals surface area contributed by atoms with Crippen molar-refractivity contribution in [2.45, 2.75) is 39.5 Å². The minimum atomic E-state index is -0.731. The normalized spacial score (nSPS) is 11.8. The summed E-state index contributed by atoms with van der Waals surface area (Å²) in [6, 6.07) is 8.57. The third-order valence-electron chi connectivity index (χ3n) is 2.25. The van der Waals surface area contributed by atoms with Crippen LogP contribution in [0.3, 0.4) is 0 Å². The second-order valence-corrected chi connectivity index (χ2v) is 4.41. The smallest absolute Gasteiger partial charge is 0.408 e. The average molecular weight is 265 g/mol. The molecule has 0 unspecified atom stereocenters. The van der Waals surface area contributed by atoms with E-state index in [1.54, 1.807) is 20.8 Å². The minimum Gasteiger partial charge on any atom is -0.461 e. The molecule has 5 nitrogen and oxygen atoms in total. The van der Waals surface area contributed by atoms with Crippen LogP contribution in [0.15, 0.2) is 30.3 Å². The molecule has 1 aromatic rings. The Balaban J connectivity index is 2.33. The molecule has 5 heteroatoms. The van der Waals surface area contributed by atoms with E-state index in [1.165, 1.54) is 0 Å². The van der Waals surface area contributed by atoms with Gasteiger partial charge in [-0.3, -0.25) is 0 Å². The molecule has 104 valence electrons. The van der Waals surface area contributed by atoms with E-state index in [4.69, 9.17) is 9.47 Å². The number of ether oxygens (including phenoxy) is 2. The molecular formula is C14H19NO4. The largest absolute Gasteiger partial charge is 0.461 e. The van der Waals surface area contributed by atoms with E-state index in [2.05, 4.69) is 5.32 Å². The molecule has 0 heterocycles. The molecular weight excluding hydrogens is 246 g/mol. The summed E-state index contributed by atoms with van der Waals surface area (Å²) >= 11 is 0. The molecule has 0 spiro atoms. The Morgan fingerprint density at radius 1 is 1.16 bits per heavy atom. The monoisotopic (exact) mass is 265 g/mol. The van der Waals surface area contributed by atoms with Crippen molar-refractivity contribution in [1.29, 1.82) is 0 Å². The summed E-state index contributed by atoms with van der Waals surface area (Å²) in [4.78, 5) is 22.9. The minimum absolute atomic E-state index is 0.165. The third-order valence-corrected chi connectivity index (χ3v) is 2.25. The number of esters is 1. The maximum Gasteiger partial charge on any atom is 0.408 e. The Hall–Kier alpha value is -2.04. The number of hydrogen-bond donors (Lipinski definition) is 1. The summed E-state index contributed by atoms with van der Waals surface area (Å²) in [5.74, 6) is -0.480. The van der Waals surface area contributed by atoms with Crippen LogP contribution in [0.5, 0.6) is 0 Å². The number of benzene rings is 1. The van der Waals surface area contributed by atoms with E-state index in [0.717, 1.165) is 5.56 Å². The van der Waals surface area contributed by atoms with E-state index < -0.39 is 18.1 Å². The molecule has 1 atom stereocenters. The van der Waals surface area contributed by atoms with Gasteiger partial charge in [-0.15, -0.1) is 0 Å². The van der Waals surface area contributed by atoms with Gasteiger partial charge in [0.25, 0.3) is 0 Å². The first-order chi connectivity index (χ1) is 8.99. The molecule has 19 heavy (non-hydrogen) atoms. The highest BCUT2D eigenvalue weighted by Gasteiger charge is 2.18. The lowest BCUT2D eigenvalue weighted by atomic mass is 10.2. The first-order valence-corrected chi connectivity index (χ1v) is 6.16. The molecule has 0 saturated heterocycles. The molecule has 0 bridgehead atoms. The fraction of sp³-hybridized carbons (Fsp3) is 0.429. The summed E-state index contributed by atoms with van der Waals surface area (Å²) in [5.41, 5.74) is 0.884. The molecule has 1 N–H and O–H groups in total. The molecule has 1 amide bonds. The summed E-state index contributed by atoms with van der Waals surface area (Å²) in [5, 5.41) is 2.42. The van der Waals surface area contributed by atoms with Gasteiger partial charge in [-0.25, -0.2) is 9.59 Å². The van der Waals surface area contributed by atoms with Crippen LogP contribution in [-0.4, -0.2) is 24.2 Å². The van der Waals surface area contributed by atoms with Crippen LogP contribution in [0.1, 0.15) is 26.3 Å². The highest BCUT2D eigenvalue weighted by atomic mass is 16.6. The standard InChI is InChI=1S/C14H19NO4/c1-10(2)19-13(16)11(3)15-14(17)18-9-12-7-5-4-6-8-12/h4-8,10-11H,9H2,1-3H3,(H,15,17)/t11-/m1/s1. The van der Waals surface area contributed by atoms with Crippen molar-refractivity contribution in [2.24, 2.45) is 0 Å². The highest BCUT2D eigenvalue weighted by Crippen LogP contribution is 2.01. The number of hydrogen-bond acceptors (Lipinski definition) is 4. The van der Waals surface area contributed by atoms with Crippen molar-refractivity contribution in [3.8, 4) is 0 Å². The lowest BCUT2D eigenvalue weighted by Crippen LogP contribution is -2.40. The summed E-state index contributed by atoms with van der Waals surface area (Å²) < 4.78 is 9.96. The van der Waals surface area contributed by atoms with Gasteiger partial charge in [-0.2, -0.15) is 0 Å². The van der Waals surface area contributed by atoms with Crippen LogP contribution in [0.25, 0.3) is 0 Å². The highest BCUT2D eigenvalue weighted by molar-refractivity contribution is 5.80. The van der Waals surface area contributed by atoms with E-state index in [-0.39, 0.29) is 12.7 Å². The topological polar surface area (TPSA) is 64.6 Å². The molecule has 0 aliphatic carbocycles. The first kappa shape index (κ1) is 15.0. The van der Waals surface area contributed by atoms with Crippen LogP contribution >= 0.6 is 0 Å². The van der Waals surface area contributed by atoms with Gasteiger partial charge < -0.3 is 14.8 Å². The van der Waals surface area contributed by atoms with Crippen molar-refractivity contribution in [3.63, 3.8) is 0 Å². The Morgan fingerprint density at radius 3 is 2.37 bits per heavy atom. The summed E-state index contributed by atoms with van der Waals surface area (Å²) in [6.07, 6.45) is -0.853. The van der Waals surface area contributed by atoms with Gasteiger partial charge in [-0.1, -0.05) is 30.3 Å². The van der Waals surface area contributed by atoms with Gasteiger partial charge in [0.15, 0.2) is 0 Å². The Bertz CT molecular complexity index is 417. The van der Waals surface area contributed by atoms with Gasteiger partial charge in [0.2, 0.25) is 0 Å². The van der Waals surface area contributed by atoms with Gasteiger partial charge in [0.1, 0.15) is 12.6 Å². The van der Waals surface area contributed by atoms with Crippen LogP contribution < -0.4 is 5.32 Å². The van der Waals surface area contributed by atoms with Gasteiger partial charge >= 0.3 is 12.1 Å². The zero-order valence-electron chi connectivity index (χ0n) is 11.4. The van der Waals surface area contributed by atoms with Crippen molar-refractivity contribution in [3.05, 3.63) is 35.9 Å². The maximum atomic E-state index is 11.5. The fourth-order valence-electron chi connectivity index (χ4n) is 1.33. The van der Waals surface area contributed by atoms with E-state index in [9.17, 15) is 9.59 Å². The van der Waals surface area contributed by atoms with E-state index in [0.29, 0.717) is 0 Å². The van der Waals surface area contributed by atoms with Gasteiger partial charge in [0, 0.05) is 0 Å². The molecule has 1 rings (SSSR count). The van der Waals surface area contributed by atoms with Crippen LogP contribution in [0.2, 0.25) is 0 Å². The Morgan fingerprint density at radius 2 is 1.79 bits per heavy atom. The quantitative estimate of drug-likeness (QED) is 0.829. The first-order valence-electron chi connectivity index (χ1n) is 6.16. The molecule has 0 aliphatic heterocycles. The molecule has 1 aromatic carbocycles. The lowest BCUT2D eigenvalue weighted by Gasteiger charge is -2.15.